The van der Waals surface area contributed by atoms with E-state index in [1.54, 1.807) is 24.9 Å². The van der Waals surface area contributed by atoms with E-state index in [0.717, 1.165) is 28.3 Å². The number of anilines is 1. The monoisotopic (exact) mass is 341 g/mol. The first-order valence-corrected chi connectivity index (χ1v) is 8.07. The van der Waals surface area contributed by atoms with Gasteiger partial charge < -0.3 is 10.4 Å². The third-order valence-corrected chi connectivity index (χ3v) is 5.25. The maximum absolute atomic E-state index is 9.38. The lowest BCUT2D eigenvalue weighted by atomic mass is 10.0. The van der Waals surface area contributed by atoms with E-state index in [1.165, 1.54) is 0 Å². The van der Waals surface area contributed by atoms with Crippen LogP contribution in [0.3, 0.4) is 0 Å². The molecule has 0 bridgehead atoms. The molecule has 0 saturated heterocycles. The Labute approximate surface area is 136 Å². The van der Waals surface area contributed by atoms with Crippen molar-refractivity contribution in [3.05, 3.63) is 33.8 Å². The molecule has 0 amide bonds. The topological polar surface area (TPSA) is 58.0 Å². The number of fused-ring (bicyclic) bond motifs is 1. The highest BCUT2D eigenvalue weighted by Gasteiger charge is 2.28. The predicted octanol–water partition coefficient (Wildman–Crippen LogP) is 3.50. The third kappa shape index (κ3) is 2.83. The smallest absolute Gasteiger partial charge is 0.224 e. The molecule has 110 valence electrons. The average molecular weight is 342 g/mol. The number of aromatic nitrogens is 2. The second-order valence-corrected chi connectivity index (χ2v) is 6.79. The van der Waals surface area contributed by atoms with Crippen molar-refractivity contribution in [2.75, 3.05) is 19.0 Å². The number of nitrogens with one attached hydrogen (secondary N) is 1. The summed E-state index contributed by atoms with van der Waals surface area (Å²) in [6.45, 7) is 0.122. The van der Waals surface area contributed by atoms with Crippen molar-refractivity contribution in [3.8, 4) is 11.3 Å². The van der Waals surface area contributed by atoms with Gasteiger partial charge in [0.25, 0.3) is 0 Å². The zero-order chi connectivity index (χ0) is 15.0. The molecule has 1 aliphatic heterocycles. The molecule has 1 aromatic carbocycles. The molecule has 4 nitrogen and oxygen atoms in total. The lowest BCUT2D eigenvalue weighted by Gasteiger charge is -2.10. The summed E-state index contributed by atoms with van der Waals surface area (Å²) < 4.78 is 0. The van der Waals surface area contributed by atoms with Gasteiger partial charge in [0, 0.05) is 23.4 Å². The van der Waals surface area contributed by atoms with Crippen LogP contribution < -0.4 is 5.32 Å². The zero-order valence-corrected chi connectivity index (χ0v) is 13.6. The molecule has 2 heterocycles. The molecule has 0 radical (unpaired) electrons. The number of thioether (sulfide) groups is 1. The zero-order valence-electron chi connectivity index (χ0n) is 11.2. The minimum Gasteiger partial charge on any atom is -0.395 e. The lowest BCUT2D eigenvalue weighted by molar-refractivity contribution is 0.295. The number of benzene rings is 1. The van der Waals surface area contributed by atoms with Crippen molar-refractivity contribution in [1.82, 2.24) is 9.97 Å². The summed E-state index contributed by atoms with van der Waals surface area (Å²) in [7, 11) is 1.78. The molecular formula is C14H13Cl2N3OS. The van der Waals surface area contributed by atoms with E-state index in [1.807, 2.05) is 12.1 Å². The van der Waals surface area contributed by atoms with E-state index < -0.39 is 0 Å². The van der Waals surface area contributed by atoms with Crippen LogP contribution in [0.15, 0.2) is 23.2 Å². The molecule has 2 aromatic rings. The number of hydrogen-bond donors (Lipinski definition) is 2. The molecule has 7 heteroatoms. The second kappa shape index (κ2) is 6.01. The summed E-state index contributed by atoms with van der Waals surface area (Å²) in [5, 5.41) is 14.4. The van der Waals surface area contributed by atoms with Crippen molar-refractivity contribution >= 4 is 40.9 Å². The molecular weight excluding hydrogens is 329 g/mol. The minimum atomic E-state index is 0.122. The number of rotatable bonds is 3. The maximum atomic E-state index is 9.38. The van der Waals surface area contributed by atoms with Crippen LogP contribution in [0.1, 0.15) is 5.56 Å². The summed E-state index contributed by atoms with van der Waals surface area (Å²) in [5.74, 6) is 0.556. The van der Waals surface area contributed by atoms with Gasteiger partial charge >= 0.3 is 0 Å². The summed E-state index contributed by atoms with van der Waals surface area (Å²) in [6, 6.07) is 5.47. The van der Waals surface area contributed by atoms with Gasteiger partial charge in [-0.2, -0.15) is 0 Å². The Balaban J connectivity index is 2.13. The van der Waals surface area contributed by atoms with Crippen LogP contribution in [0.2, 0.25) is 10.0 Å². The van der Waals surface area contributed by atoms with Gasteiger partial charge in [-0.05, 0) is 18.6 Å². The minimum absolute atomic E-state index is 0.122. The third-order valence-electron chi connectivity index (χ3n) is 3.30. The van der Waals surface area contributed by atoms with Crippen LogP contribution in [0.4, 0.5) is 5.95 Å². The number of nitrogens with zero attached hydrogens (tertiary/aromatic N) is 2. The van der Waals surface area contributed by atoms with Crippen molar-refractivity contribution in [1.29, 1.82) is 0 Å². The van der Waals surface area contributed by atoms with Crippen LogP contribution in [-0.4, -0.2) is 34.0 Å². The first kappa shape index (κ1) is 14.9. The van der Waals surface area contributed by atoms with Crippen molar-refractivity contribution in [2.24, 2.45) is 0 Å². The molecule has 1 unspecified atom stereocenters. The SMILES string of the molecule is CNc1nc2c(c(-c3ccc(Cl)c(Cl)c3)n1)CC(CO)S2. The molecule has 0 fully saturated rings. The standard InChI is InChI=1S/C14H13Cl2N3OS/c1-17-14-18-12(7-2-3-10(15)11(16)4-7)9-5-8(6-20)21-13(9)19-14/h2-4,8,20H,5-6H2,1H3,(H,17,18,19). The molecule has 2 N–H and O–H groups in total. The molecule has 0 aliphatic carbocycles. The summed E-state index contributed by atoms with van der Waals surface area (Å²) in [6.07, 6.45) is 0.746. The largest absolute Gasteiger partial charge is 0.395 e. The Kier molecular flexibility index (Phi) is 4.26. The Morgan fingerprint density at radius 1 is 1.33 bits per heavy atom. The fourth-order valence-corrected chi connectivity index (χ4v) is 3.67. The van der Waals surface area contributed by atoms with Crippen molar-refractivity contribution < 1.29 is 5.11 Å². The highest BCUT2D eigenvalue weighted by Crippen LogP contribution is 2.41. The number of hydrogen-bond acceptors (Lipinski definition) is 5. The first-order chi connectivity index (χ1) is 10.1. The molecule has 3 rings (SSSR count). The van der Waals surface area contributed by atoms with E-state index in [2.05, 4.69) is 15.3 Å². The van der Waals surface area contributed by atoms with Gasteiger partial charge in [-0.3, -0.25) is 0 Å². The lowest BCUT2D eigenvalue weighted by Crippen LogP contribution is -2.07. The number of aliphatic hydroxyl groups excluding tert-OH is 1. The Morgan fingerprint density at radius 2 is 2.14 bits per heavy atom. The summed E-state index contributed by atoms with van der Waals surface area (Å²) >= 11 is 13.7. The summed E-state index contributed by atoms with van der Waals surface area (Å²) in [4.78, 5) is 9.02. The normalized spacial score (nSPS) is 16.9. The van der Waals surface area contributed by atoms with Gasteiger partial charge in [-0.15, -0.1) is 0 Å². The van der Waals surface area contributed by atoms with E-state index in [0.29, 0.717) is 16.0 Å². The molecule has 21 heavy (non-hydrogen) atoms. The van der Waals surface area contributed by atoms with Gasteiger partial charge in [0.1, 0.15) is 5.03 Å². The Bertz CT molecular complexity index is 696. The molecule has 0 saturated carbocycles. The number of halogens is 2. The van der Waals surface area contributed by atoms with Crippen LogP contribution in [0.5, 0.6) is 0 Å². The predicted molar refractivity (Wildman–Crippen MR) is 87.5 cm³/mol. The fraction of sp³-hybridized carbons (Fsp3) is 0.286. The van der Waals surface area contributed by atoms with Gasteiger partial charge in [0.05, 0.1) is 22.3 Å². The van der Waals surface area contributed by atoms with Crippen LogP contribution in [0, 0.1) is 0 Å². The van der Waals surface area contributed by atoms with Crippen LogP contribution >= 0.6 is 35.0 Å². The second-order valence-electron chi connectivity index (χ2n) is 4.68. The van der Waals surface area contributed by atoms with E-state index in [-0.39, 0.29) is 11.9 Å². The quantitative estimate of drug-likeness (QED) is 0.836. The average Bonchev–Trinajstić information content (AvgIpc) is 2.92. The molecule has 1 atom stereocenters. The van der Waals surface area contributed by atoms with Crippen molar-refractivity contribution in [3.63, 3.8) is 0 Å². The highest BCUT2D eigenvalue weighted by molar-refractivity contribution is 8.00. The van der Waals surface area contributed by atoms with E-state index in [4.69, 9.17) is 23.2 Å². The molecule has 1 aliphatic rings. The maximum Gasteiger partial charge on any atom is 0.224 e. The first-order valence-electron chi connectivity index (χ1n) is 6.44. The van der Waals surface area contributed by atoms with Gasteiger partial charge in [0.2, 0.25) is 5.95 Å². The Morgan fingerprint density at radius 3 is 2.81 bits per heavy atom. The molecule has 0 spiro atoms. The summed E-state index contributed by atoms with van der Waals surface area (Å²) in [5.41, 5.74) is 2.79. The van der Waals surface area contributed by atoms with Crippen LogP contribution in [0.25, 0.3) is 11.3 Å². The fourth-order valence-electron chi connectivity index (χ4n) is 2.27. The number of aliphatic hydroxyl groups is 1. The molecule has 1 aromatic heterocycles. The Hall–Kier alpha value is -1.01. The van der Waals surface area contributed by atoms with E-state index in [9.17, 15) is 5.11 Å². The van der Waals surface area contributed by atoms with Crippen molar-refractivity contribution in [2.45, 2.75) is 16.7 Å². The van der Waals surface area contributed by atoms with Gasteiger partial charge in [-0.1, -0.05) is 41.0 Å². The highest BCUT2D eigenvalue weighted by atomic mass is 35.5. The van der Waals surface area contributed by atoms with Crippen LogP contribution in [-0.2, 0) is 6.42 Å². The van der Waals surface area contributed by atoms with E-state index >= 15 is 0 Å². The van der Waals surface area contributed by atoms with Gasteiger partial charge in [-0.25, -0.2) is 9.97 Å². The van der Waals surface area contributed by atoms with Gasteiger partial charge in [0.15, 0.2) is 0 Å².